The van der Waals surface area contributed by atoms with Gasteiger partial charge in [-0.1, -0.05) is 19.1 Å². The molecule has 2 rings (SSSR count). The molecule has 1 fully saturated rings. The highest BCUT2D eigenvalue weighted by molar-refractivity contribution is 14.0. The normalized spacial score (nSPS) is 15.9. The maximum absolute atomic E-state index is 5.62. The van der Waals surface area contributed by atoms with Crippen molar-refractivity contribution in [2.24, 2.45) is 4.99 Å². The van der Waals surface area contributed by atoms with Crippen LogP contribution in [-0.4, -0.2) is 49.7 Å². The fraction of sp³-hybridized carbons (Fsp3) is 0.667. The molecule has 0 atom stereocenters. The highest BCUT2D eigenvalue weighted by atomic mass is 127. The second-order valence-electron chi connectivity index (χ2n) is 6.99. The summed E-state index contributed by atoms with van der Waals surface area (Å²) in [7, 11) is 0. The molecule has 0 aromatic heterocycles. The van der Waals surface area contributed by atoms with Crippen LogP contribution in [0.4, 0.5) is 0 Å². The van der Waals surface area contributed by atoms with E-state index in [-0.39, 0.29) is 24.0 Å². The van der Waals surface area contributed by atoms with Crippen LogP contribution in [0.2, 0.25) is 0 Å². The van der Waals surface area contributed by atoms with Crippen molar-refractivity contribution >= 4 is 29.9 Å². The van der Waals surface area contributed by atoms with Gasteiger partial charge in [-0.05, 0) is 63.8 Å². The number of nitrogens with zero attached hydrogens (tertiary/aromatic N) is 2. The van der Waals surface area contributed by atoms with Gasteiger partial charge in [0.05, 0.1) is 13.2 Å². The molecule has 0 amide bonds. The SMILES string of the molecule is CCCN1CCC(NC(=NCc2ccc(OCC)c(C)c2)NCC)CC1.I. The molecule has 0 saturated carbocycles. The molecule has 0 radical (unpaired) electrons. The Bertz CT molecular complexity index is 571. The maximum atomic E-state index is 5.62. The van der Waals surface area contributed by atoms with E-state index in [9.17, 15) is 0 Å². The number of aryl methyl sites for hydroxylation is 1. The predicted octanol–water partition coefficient (Wildman–Crippen LogP) is 3.94. The summed E-state index contributed by atoms with van der Waals surface area (Å²) in [6, 6.07) is 6.84. The molecule has 5 nitrogen and oxygen atoms in total. The van der Waals surface area contributed by atoms with Crippen LogP contribution in [0.5, 0.6) is 5.75 Å². The lowest BCUT2D eigenvalue weighted by atomic mass is 10.1. The first-order valence-electron chi connectivity index (χ1n) is 10.2. The van der Waals surface area contributed by atoms with Gasteiger partial charge < -0.3 is 20.3 Å². The molecule has 1 aliphatic rings. The van der Waals surface area contributed by atoms with Crippen molar-refractivity contribution in [3.63, 3.8) is 0 Å². The second-order valence-corrected chi connectivity index (χ2v) is 6.99. The van der Waals surface area contributed by atoms with Crippen LogP contribution in [0.15, 0.2) is 23.2 Å². The van der Waals surface area contributed by atoms with Crippen molar-refractivity contribution in [2.75, 3.05) is 32.8 Å². The Morgan fingerprint density at radius 2 is 1.96 bits per heavy atom. The third kappa shape index (κ3) is 8.25. The van der Waals surface area contributed by atoms with Crippen molar-refractivity contribution in [1.82, 2.24) is 15.5 Å². The van der Waals surface area contributed by atoms with E-state index in [4.69, 9.17) is 9.73 Å². The Kier molecular flexibility index (Phi) is 11.7. The van der Waals surface area contributed by atoms with Gasteiger partial charge in [-0.25, -0.2) is 4.99 Å². The fourth-order valence-corrected chi connectivity index (χ4v) is 3.43. The Balaban J connectivity index is 0.00000364. The highest BCUT2D eigenvalue weighted by Crippen LogP contribution is 2.19. The number of ether oxygens (including phenoxy) is 1. The first kappa shape index (κ1) is 24.0. The fourth-order valence-electron chi connectivity index (χ4n) is 3.43. The van der Waals surface area contributed by atoms with E-state index in [0.717, 1.165) is 18.3 Å². The van der Waals surface area contributed by atoms with Crippen molar-refractivity contribution in [3.8, 4) is 5.75 Å². The van der Waals surface area contributed by atoms with E-state index in [1.54, 1.807) is 0 Å². The number of rotatable bonds is 8. The molecule has 0 bridgehead atoms. The first-order valence-corrected chi connectivity index (χ1v) is 10.2. The van der Waals surface area contributed by atoms with Gasteiger partial charge in [0.25, 0.3) is 0 Å². The van der Waals surface area contributed by atoms with Gasteiger partial charge in [0.2, 0.25) is 0 Å². The van der Waals surface area contributed by atoms with Crippen LogP contribution in [0, 0.1) is 6.92 Å². The highest BCUT2D eigenvalue weighted by Gasteiger charge is 2.19. The van der Waals surface area contributed by atoms with Crippen molar-refractivity contribution in [1.29, 1.82) is 0 Å². The summed E-state index contributed by atoms with van der Waals surface area (Å²) in [5, 5.41) is 7.01. The molecule has 27 heavy (non-hydrogen) atoms. The number of piperidine rings is 1. The Hall–Kier alpha value is -1.02. The topological polar surface area (TPSA) is 48.9 Å². The van der Waals surface area contributed by atoms with Gasteiger partial charge in [0.1, 0.15) is 5.75 Å². The summed E-state index contributed by atoms with van der Waals surface area (Å²) in [4.78, 5) is 7.35. The summed E-state index contributed by atoms with van der Waals surface area (Å²) < 4.78 is 5.62. The van der Waals surface area contributed by atoms with Gasteiger partial charge in [0, 0.05) is 25.7 Å². The molecule has 1 saturated heterocycles. The monoisotopic (exact) mass is 488 g/mol. The molecule has 0 unspecified atom stereocenters. The molecule has 2 N–H and O–H groups in total. The third-order valence-electron chi connectivity index (χ3n) is 4.77. The minimum absolute atomic E-state index is 0. The number of hydrogen-bond donors (Lipinski definition) is 2. The molecule has 1 aliphatic heterocycles. The number of guanidine groups is 1. The van der Waals surface area contributed by atoms with Crippen LogP contribution >= 0.6 is 24.0 Å². The van der Waals surface area contributed by atoms with Gasteiger partial charge in [-0.3, -0.25) is 0 Å². The van der Waals surface area contributed by atoms with Crippen molar-refractivity contribution in [3.05, 3.63) is 29.3 Å². The van der Waals surface area contributed by atoms with E-state index in [2.05, 4.69) is 48.4 Å². The van der Waals surface area contributed by atoms with Gasteiger partial charge in [-0.2, -0.15) is 0 Å². The zero-order valence-corrected chi connectivity index (χ0v) is 19.7. The first-order chi connectivity index (χ1) is 12.7. The summed E-state index contributed by atoms with van der Waals surface area (Å²) in [6.45, 7) is 14.3. The lowest BCUT2D eigenvalue weighted by Crippen LogP contribution is -2.48. The zero-order chi connectivity index (χ0) is 18.8. The van der Waals surface area contributed by atoms with Crippen molar-refractivity contribution < 1.29 is 4.74 Å². The molecule has 1 aromatic carbocycles. The minimum atomic E-state index is 0. The van der Waals surface area contributed by atoms with Crippen LogP contribution in [-0.2, 0) is 6.54 Å². The van der Waals surface area contributed by atoms with E-state index >= 15 is 0 Å². The quantitative estimate of drug-likeness (QED) is 0.331. The number of hydrogen-bond acceptors (Lipinski definition) is 3. The lowest BCUT2D eigenvalue weighted by molar-refractivity contribution is 0.206. The van der Waals surface area contributed by atoms with Crippen LogP contribution in [0.3, 0.4) is 0 Å². The molecule has 1 aromatic rings. The summed E-state index contributed by atoms with van der Waals surface area (Å²) in [5.74, 6) is 1.89. The molecular weight excluding hydrogens is 451 g/mol. The van der Waals surface area contributed by atoms with Crippen molar-refractivity contribution in [2.45, 2.75) is 59.5 Å². The average molecular weight is 488 g/mol. The largest absolute Gasteiger partial charge is 0.494 e. The van der Waals surface area contributed by atoms with Crippen LogP contribution in [0.25, 0.3) is 0 Å². The predicted molar refractivity (Wildman–Crippen MR) is 125 cm³/mol. The van der Waals surface area contributed by atoms with E-state index < -0.39 is 0 Å². The maximum Gasteiger partial charge on any atom is 0.191 e. The number of benzene rings is 1. The molecular formula is C21H37IN4O. The Labute approximate surface area is 182 Å². The summed E-state index contributed by atoms with van der Waals surface area (Å²) in [5.41, 5.74) is 2.38. The van der Waals surface area contributed by atoms with E-state index in [0.29, 0.717) is 19.2 Å². The van der Waals surface area contributed by atoms with Crippen LogP contribution < -0.4 is 15.4 Å². The number of aliphatic imine (C=N–C) groups is 1. The number of nitrogens with one attached hydrogen (secondary N) is 2. The molecule has 0 aliphatic carbocycles. The zero-order valence-electron chi connectivity index (χ0n) is 17.4. The van der Waals surface area contributed by atoms with E-state index in [1.807, 2.05) is 13.0 Å². The van der Waals surface area contributed by atoms with Gasteiger partial charge >= 0.3 is 0 Å². The molecule has 1 heterocycles. The van der Waals surface area contributed by atoms with Gasteiger partial charge in [-0.15, -0.1) is 24.0 Å². The smallest absolute Gasteiger partial charge is 0.191 e. The third-order valence-corrected chi connectivity index (χ3v) is 4.77. The average Bonchev–Trinajstić information content (AvgIpc) is 2.64. The Morgan fingerprint density at radius 3 is 2.56 bits per heavy atom. The standard InChI is InChI=1S/C21H36N4O.HI/c1-5-12-25-13-10-19(11-14-25)24-21(22-6-2)23-16-18-8-9-20(26-7-3)17(4)15-18;/h8-9,15,19H,5-7,10-14,16H2,1-4H3,(H2,22,23,24);1H. The lowest BCUT2D eigenvalue weighted by Gasteiger charge is -2.32. The molecule has 6 heteroatoms. The molecule has 0 spiro atoms. The Morgan fingerprint density at radius 1 is 1.22 bits per heavy atom. The summed E-state index contributed by atoms with van der Waals surface area (Å²) in [6.07, 6.45) is 3.61. The van der Waals surface area contributed by atoms with E-state index in [1.165, 1.54) is 50.0 Å². The van der Waals surface area contributed by atoms with Crippen LogP contribution in [0.1, 0.15) is 51.2 Å². The second kappa shape index (κ2) is 13.2. The van der Waals surface area contributed by atoms with Gasteiger partial charge in [0.15, 0.2) is 5.96 Å². The summed E-state index contributed by atoms with van der Waals surface area (Å²) >= 11 is 0. The molecule has 154 valence electrons. The number of halogens is 1. The minimum Gasteiger partial charge on any atom is -0.494 e. The number of likely N-dealkylation sites (tertiary alicyclic amines) is 1.